The van der Waals surface area contributed by atoms with Crippen molar-refractivity contribution in [2.45, 2.75) is 19.9 Å². The summed E-state index contributed by atoms with van der Waals surface area (Å²) in [5, 5.41) is 4.98. The lowest BCUT2D eigenvalue weighted by atomic mass is 10.3. The standard InChI is InChI=1S/C13H16ClN3O/c1-10-13(14)9-17(16-10)6-3-7-18-12-5-2-4-11(15)8-12/h2,4-5,8-9H,3,6-7,15H2,1H3. The zero-order valence-electron chi connectivity index (χ0n) is 10.3. The summed E-state index contributed by atoms with van der Waals surface area (Å²) in [6, 6.07) is 7.42. The van der Waals surface area contributed by atoms with Gasteiger partial charge in [0.15, 0.2) is 0 Å². The molecule has 18 heavy (non-hydrogen) atoms. The SMILES string of the molecule is Cc1nn(CCCOc2cccc(N)c2)cc1Cl. The van der Waals surface area contributed by atoms with Crippen molar-refractivity contribution < 1.29 is 4.74 Å². The number of ether oxygens (including phenoxy) is 1. The number of rotatable bonds is 5. The first-order valence-corrected chi connectivity index (χ1v) is 6.21. The minimum atomic E-state index is 0.625. The smallest absolute Gasteiger partial charge is 0.121 e. The van der Waals surface area contributed by atoms with Crippen LogP contribution in [0.15, 0.2) is 30.5 Å². The number of hydrogen-bond acceptors (Lipinski definition) is 3. The van der Waals surface area contributed by atoms with Gasteiger partial charge in [-0.05, 0) is 19.1 Å². The molecule has 0 spiro atoms. The fourth-order valence-corrected chi connectivity index (χ4v) is 1.78. The molecule has 0 amide bonds. The Hall–Kier alpha value is -1.68. The Kier molecular flexibility index (Phi) is 4.10. The molecule has 0 saturated heterocycles. The molecule has 0 saturated carbocycles. The Labute approximate surface area is 111 Å². The monoisotopic (exact) mass is 265 g/mol. The van der Waals surface area contributed by atoms with Crippen molar-refractivity contribution in [3.8, 4) is 5.75 Å². The van der Waals surface area contributed by atoms with Crippen molar-refractivity contribution >= 4 is 17.3 Å². The van der Waals surface area contributed by atoms with Gasteiger partial charge < -0.3 is 10.5 Å². The first-order chi connectivity index (χ1) is 8.65. The zero-order valence-corrected chi connectivity index (χ0v) is 11.0. The third-order valence-electron chi connectivity index (χ3n) is 2.54. The van der Waals surface area contributed by atoms with Crippen molar-refractivity contribution in [3.05, 3.63) is 41.2 Å². The van der Waals surface area contributed by atoms with Crippen LogP contribution in [0.5, 0.6) is 5.75 Å². The summed E-state index contributed by atoms with van der Waals surface area (Å²) in [6.07, 6.45) is 2.70. The van der Waals surface area contributed by atoms with Gasteiger partial charge in [-0.25, -0.2) is 0 Å². The Morgan fingerprint density at radius 2 is 2.28 bits per heavy atom. The average Bonchev–Trinajstić information content (AvgIpc) is 2.65. The highest BCUT2D eigenvalue weighted by molar-refractivity contribution is 6.31. The van der Waals surface area contributed by atoms with E-state index < -0.39 is 0 Å². The van der Waals surface area contributed by atoms with Crippen molar-refractivity contribution in [2.24, 2.45) is 0 Å². The van der Waals surface area contributed by atoms with Gasteiger partial charge in [-0.2, -0.15) is 5.10 Å². The number of hydrogen-bond donors (Lipinski definition) is 1. The molecule has 2 N–H and O–H groups in total. The van der Waals surface area contributed by atoms with Gasteiger partial charge in [0.25, 0.3) is 0 Å². The fraction of sp³-hybridized carbons (Fsp3) is 0.308. The first kappa shape index (κ1) is 12.8. The molecule has 1 aromatic heterocycles. The molecule has 0 aliphatic rings. The van der Waals surface area contributed by atoms with E-state index in [1.165, 1.54) is 0 Å². The topological polar surface area (TPSA) is 53.1 Å². The number of benzene rings is 1. The van der Waals surface area contributed by atoms with Gasteiger partial charge in [0.05, 0.1) is 17.3 Å². The Bertz CT molecular complexity index is 505. The number of halogens is 1. The highest BCUT2D eigenvalue weighted by Gasteiger charge is 2.01. The predicted molar refractivity (Wildman–Crippen MR) is 72.9 cm³/mol. The number of nitrogens with two attached hydrogens (primary N) is 1. The summed E-state index contributed by atoms with van der Waals surface area (Å²) in [6.45, 7) is 3.30. The van der Waals surface area contributed by atoms with Gasteiger partial charge in [0, 0.05) is 30.9 Å². The number of aryl methyl sites for hydroxylation is 2. The molecule has 2 rings (SSSR count). The molecule has 0 unspecified atom stereocenters. The lowest BCUT2D eigenvalue weighted by Crippen LogP contribution is -2.05. The van der Waals surface area contributed by atoms with Crippen molar-refractivity contribution in [1.82, 2.24) is 9.78 Å². The van der Waals surface area contributed by atoms with Crippen molar-refractivity contribution in [2.75, 3.05) is 12.3 Å². The molecule has 1 heterocycles. The number of nitrogens with zero attached hydrogens (tertiary/aromatic N) is 2. The first-order valence-electron chi connectivity index (χ1n) is 5.83. The second-order valence-electron chi connectivity index (χ2n) is 4.10. The lowest BCUT2D eigenvalue weighted by Gasteiger charge is -2.06. The summed E-state index contributed by atoms with van der Waals surface area (Å²) in [4.78, 5) is 0. The summed E-state index contributed by atoms with van der Waals surface area (Å²) in [5.41, 5.74) is 7.23. The van der Waals surface area contributed by atoms with Crippen LogP contribution >= 0.6 is 11.6 Å². The second kappa shape index (κ2) is 5.78. The largest absolute Gasteiger partial charge is 0.493 e. The number of anilines is 1. The van der Waals surface area contributed by atoms with E-state index in [1.807, 2.05) is 42.1 Å². The average molecular weight is 266 g/mol. The van der Waals surface area contributed by atoms with E-state index in [9.17, 15) is 0 Å². The van der Waals surface area contributed by atoms with Crippen LogP contribution in [0.2, 0.25) is 5.02 Å². The predicted octanol–water partition coefficient (Wildman–Crippen LogP) is 2.90. The van der Waals surface area contributed by atoms with Gasteiger partial charge in [-0.1, -0.05) is 17.7 Å². The van der Waals surface area contributed by atoms with Gasteiger partial charge in [-0.15, -0.1) is 0 Å². The molecule has 5 heteroatoms. The molecule has 96 valence electrons. The second-order valence-corrected chi connectivity index (χ2v) is 4.51. The van der Waals surface area contributed by atoms with E-state index >= 15 is 0 Å². The van der Waals surface area contributed by atoms with Crippen molar-refractivity contribution in [1.29, 1.82) is 0 Å². The molecule has 0 atom stereocenters. The van der Waals surface area contributed by atoms with Crippen LogP contribution in [-0.4, -0.2) is 16.4 Å². The molecule has 0 aliphatic heterocycles. The Morgan fingerprint density at radius 1 is 1.44 bits per heavy atom. The van der Waals surface area contributed by atoms with Gasteiger partial charge in [0.1, 0.15) is 5.75 Å². The quantitative estimate of drug-likeness (QED) is 0.668. The van der Waals surface area contributed by atoms with E-state index in [-0.39, 0.29) is 0 Å². The molecule has 0 radical (unpaired) electrons. The lowest BCUT2D eigenvalue weighted by molar-refractivity contribution is 0.298. The zero-order chi connectivity index (χ0) is 13.0. The summed E-state index contributed by atoms with van der Waals surface area (Å²) in [5.74, 6) is 0.796. The molecule has 2 aromatic rings. The summed E-state index contributed by atoms with van der Waals surface area (Å²) < 4.78 is 7.43. The molecule has 0 bridgehead atoms. The summed E-state index contributed by atoms with van der Waals surface area (Å²) in [7, 11) is 0. The molecular weight excluding hydrogens is 250 g/mol. The van der Waals surface area contributed by atoms with Crippen LogP contribution in [0.1, 0.15) is 12.1 Å². The van der Waals surface area contributed by atoms with Gasteiger partial charge in [-0.3, -0.25) is 4.68 Å². The number of aromatic nitrogens is 2. The maximum absolute atomic E-state index is 5.93. The Morgan fingerprint density at radius 3 is 2.94 bits per heavy atom. The summed E-state index contributed by atoms with van der Waals surface area (Å²) >= 11 is 5.93. The molecule has 0 aliphatic carbocycles. The van der Waals surface area contributed by atoms with E-state index in [0.717, 1.165) is 24.4 Å². The van der Waals surface area contributed by atoms with E-state index in [1.54, 1.807) is 0 Å². The maximum Gasteiger partial charge on any atom is 0.121 e. The minimum Gasteiger partial charge on any atom is -0.493 e. The van der Waals surface area contributed by atoms with E-state index in [4.69, 9.17) is 22.1 Å². The van der Waals surface area contributed by atoms with Crippen LogP contribution in [-0.2, 0) is 6.54 Å². The van der Waals surface area contributed by atoms with Crippen LogP contribution in [0.25, 0.3) is 0 Å². The highest BCUT2D eigenvalue weighted by atomic mass is 35.5. The maximum atomic E-state index is 5.93. The van der Waals surface area contributed by atoms with Crippen LogP contribution < -0.4 is 10.5 Å². The highest BCUT2D eigenvalue weighted by Crippen LogP contribution is 2.15. The van der Waals surface area contributed by atoms with Crippen LogP contribution in [0.4, 0.5) is 5.69 Å². The van der Waals surface area contributed by atoms with Crippen LogP contribution in [0.3, 0.4) is 0 Å². The van der Waals surface area contributed by atoms with Gasteiger partial charge >= 0.3 is 0 Å². The third kappa shape index (κ3) is 3.40. The molecule has 1 aromatic carbocycles. The van der Waals surface area contributed by atoms with Crippen molar-refractivity contribution in [3.63, 3.8) is 0 Å². The minimum absolute atomic E-state index is 0.625. The normalized spacial score (nSPS) is 10.6. The van der Waals surface area contributed by atoms with E-state index in [2.05, 4.69) is 5.10 Å². The third-order valence-corrected chi connectivity index (χ3v) is 2.92. The molecule has 0 fully saturated rings. The molecule has 4 nitrogen and oxygen atoms in total. The van der Waals surface area contributed by atoms with Gasteiger partial charge in [0.2, 0.25) is 0 Å². The number of nitrogen functional groups attached to an aromatic ring is 1. The van der Waals surface area contributed by atoms with E-state index in [0.29, 0.717) is 17.3 Å². The van der Waals surface area contributed by atoms with Crippen LogP contribution in [0, 0.1) is 6.92 Å². The Balaban J connectivity index is 1.76. The fourth-order valence-electron chi connectivity index (χ4n) is 1.63. The molecular formula is C13H16ClN3O.